The van der Waals surface area contributed by atoms with E-state index in [2.05, 4.69) is 35.5 Å². The summed E-state index contributed by atoms with van der Waals surface area (Å²) in [6.07, 6.45) is 4.39. The third-order valence-corrected chi connectivity index (χ3v) is 5.38. The van der Waals surface area contributed by atoms with Crippen molar-refractivity contribution >= 4 is 0 Å². The van der Waals surface area contributed by atoms with Crippen molar-refractivity contribution in [2.75, 3.05) is 39.3 Å². The molecule has 1 fully saturated rings. The summed E-state index contributed by atoms with van der Waals surface area (Å²) in [5, 5.41) is 16.5. The summed E-state index contributed by atoms with van der Waals surface area (Å²) in [6, 6.07) is 9.04. The van der Waals surface area contributed by atoms with Gasteiger partial charge in [-0.05, 0) is 17.2 Å². The fourth-order valence-corrected chi connectivity index (χ4v) is 3.56. The van der Waals surface area contributed by atoms with E-state index in [-0.39, 0.29) is 6.01 Å². The zero-order chi connectivity index (χ0) is 22.9. The number of hydrogen-bond donors (Lipinski definition) is 3. The van der Waals surface area contributed by atoms with E-state index in [9.17, 15) is 9.50 Å². The number of rotatable bonds is 10. The summed E-state index contributed by atoms with van der Waals surface area (Å²) in [4.78, 5) is 18.5. The van der Waals surface area contributed by atoms with E-state index < -0.39 is 12.2 Å². The first-order chi connectivity index (χ1) is 16.2. The normalized spacial score (nSPS) is 15.3. The van der Waals surface area contributed by atoms with Gasteiger partial charge in [0.1, 0.15) is 18.7 Å². The van der Waals surface area contributed by atoms with Crippen LogP contribution in [0.15, 0.2) is 48.9 Å². The van der Waals surface area contributed by atoms with E-state index in [1.807, 2.05) is 12.1 Å². The Labute approximate surface area is 192 Å². The van der Waals surface area contributed by atoms with Crippen LogP contribution >= 0.6 is 0 Å². The van der Waals surface area contributed by atoms with Crippen molar-refractivity contribution < 1.29 is 14.2 Å². The molecule has 0 amide bonds. The Morgan fingerprint density at radius 2 is 1.88 bits per heavy atom. The minimum absolute atomic E-state index is 0.0413. The molecular formula is C23H28FN7O2. The topological polar surface area (TPSA) is 108 Å². The lowest BCUT2D eigenvalue weighted by molar-refractivity contribution is 0.134. The van der Waals surface area contributed by atoms with Crippen LogP contribution in [0.2, 0.25) is 0 Å². The Bertz CT molecular complexity index is 1000. The molecule has 3 N–H and O–H groups in total. The molecule has 1 aliphatic heterocycles. The van der Waals surface area contributed by atoms with E-state index in [4.69, 9.17) is 4.74 Å². The van der Waals surface area contributed by atoms with Crippen LogP contribution < -0.4 is 15.4 Å². The van der Waals surface area contributed by atoms with Crippen molar-refractivity contribution in [1.29, 1.82) is 0 Å². The highest BCUT2D eigenvalue weighted by atomic mass is 19.1. The number of nitrogens with zero attached hydrogens (tertiary/aromatic N) is 5. The van der Waals surface area contributed by atoms with Gasteiger partial charge in [-0.2, -0.15) is 9.37 Å². The molecule has 0 radical (unpaired) electrons. The molecule has 3 heterocycles. The van der Waals surface area contributed by atoms with Crippen molar-refractivity contribution in [3.63, 3.8) is 0 Å². The molecule has 1 aliphatic rings. The third-order valence-electron chi connectivity index (χ3n) is 5.38. The van der Waals surface area contributed by atoms with Gasteiger partial charge in [0.15, 0.2) is 0 Å². The smallest absolute Gasteiger partial charge is 0.319 e. The minimum atomic E-state index is -0.752. The predicted octanol–water partition coefficient (Wildman–Crippen LogP) is 1.01. The second-order valence-electron chi connectivity index (χ2n) is 7.76. The number of hydrogen-bond acceptors (Lipinski definition) is 9. The first kappa shape index (κ1) is 23.1. The zero-order valence-electron chi connectivity index (χ0n) is 18.3. The quantitative estimate of drug-likeness (QED) is 0.306. The van der Waals surface area contributed by atoms with Crippen molar-refractivity contribution in [2.24, 2.45) is 0 Å². The van der Waals surface area contributed by atoms with Crippen molar-refractivity contribution in [1.82, 2.24) is 35.5 Å². The third kappa shape index (κ3) is 6.96. The molecular weight excluding hydrogens is 425 g/mol. The van der Waals surface area contributed by atoms with Gasteiger partial charge in [-0.15, -0.1) is 0 Å². The number of aliphatic hydroxyl groups is 1. The van der Waals surface area contributed by atoms with Crippen LogP contribution in [0, 0.1) is 5.95 Å². The average molecular weight is 454 g/mol. The molecule has 0 aliphatic carbocycles. The highest BCUT2D eigenvalue weighted by Crippen LogP contribution is 2.23. The summed E-state index contributed by atoms with van der Waals surface area (Å²) in [7, 11) is 0. The second kappa shape index (κ2) is 11.7. The maximum absolute atomic E-state index is 14.6. The molecule has 33 heavy (non-hydrogen) atoms. The van der Waals surface area contributed by atoms with Crippen molar-refractivity contribution in [3.05, 3.63) is 66.3 Å². The van der Waals surface area contributed by atoms with E-state index >= 15 is 0 Å². The fraction of sp³-hybridized carbons (Fsp3) is 0.391. The van der Waals surface area contributed by atoms with Gasteiger partial charge >= 0.3 is 6.01 Å². The van der Waals surface area contributed by atoms with Crippen LogP contribution in [0.3, 0.4) is 0 Å². The number of nitrogens with one attached hydrogen (secondary N) is 2. The lowest BCUT2D eigenvalue weighted by atomic mass is 10.0. The van der Waals surface area contributed by atoms with Crippen LogP contribution in [0.1, 0.15) is 11.4 Å². The largest absolute Gasteiger partial charge is 0.462 e. The molecule has 0 saturated carbocycles. The first-order valence-corrected chi connectivity index (χ1v) is 11.0. The Balaban J connectivity index is 1.27. The summed E-state index contributed by atoms with van der Waals surface area (Å²) < 4.78 is 20.1. The molecule has 9 nitrogen and oxygen atoms in total. The van der Waals surface area contributed by atoms with Crippen LogP contribution in [-0.4, -0.2) is 75.5 Å². The summed E-state index contributed by atoms with van der Waals surface area (Å²) in [6.45, 7) is 5.43. The van der Waals surface area contributed by atoms with Gasteiger partial charge in [-0.25, -0.2) is 15.0 Å². The highest BCUT2D eigenvalue weighted by Gasteiger charge is 2.13. The molecule has 10 heteroatoms. The maximum Gasteiger partial charge on any atom is 0.319 e. The Morgan fingerprint density at radius 1 is 1.12 bits per heavy atom. The van der Waals surface area contributed by atoms with E-state index in [1.165, 1.54) is 6.20 Å². The van der Waals surface area contributed by atoms with Gasteiger partial charge < -0.3 is 15.2 Å². The summed E-state index contributed by atoms with van der Waals surface area (Å²) in [5.74, 6) is -0.0157. The number of ether oxygens (including phenoxy) is 1. The average Bonchev–Trinajstić information content (AvgIpc) is 2.85. The maximum atomic E-state index is 14.6. The van der Waals surface area contributed by atoms with E-state index in [1.54, 1.807) is 30.6 Å². The molecule has 1 atom stereocenters. The molecule has 1 saturated heterocycles. The lowest BCUT2D eigenvalue weighted by Crippen LogP contribution is -2.44. The fourth-order valence-electron chi connectivity index (χ4n) is 3.56. The van der Waals surface area contributed by atoms with Crippen LogP contribution in [-0.2, 0) is 13.0 Å². The van der Waals surface area contributed by atoms with Crippen LogP contribution in [0.4, 0.5) is 4.39 Å². The number of benzene rings is 1. The first-order valence-electron chi connectivity index (χ1n) is 11.0. The molecule has 4 rings (SSSR count). The Kier molecular flexibility index (Phi) is 8.20. The van der Waals surface area contributed by atoms with Crippen LogP contribution in [0.5, 0.6) is 6.01 Å². The van der Waals surface area contributed by atoms with E-state index in [0.29, 0.717) is 36.5 Å². The number of piperazine rings is 1. The van der Waals surface area contributed by atoms with Gasteiger partial charge in [0.05, 0.1) is 12.1 Å². The highest BCUT2D eigenvalue weighted by molar-refractivity contribution is 5.62. The monoisotopic (exact) mass is 453 g/mol. The van der Waals surface area contributed by atoms with Crippen molar-refractivity contribution in [3.8, 4) is 17.1 Å². The molecule has 2 aromatic heterocycles. The SMILES string of the molecule is OC(Cc1ccc(-c2cnc(OCCN3CCNCC3)nc2F)cc1)NCc1ncccn1. The standard InChI is InChI=1S/C23H28FN7O2/c24-22-19(15-29-23(30-22)33-13-12-31-10-8-25-9-11-31)18-4-2-17(3-5-18)14-21(32)28-16-20-26-6-1-7-27-20/h1-7,15,21,25,28,32H,8-14,16H2. The van der Waals surface area contributed by atoms with Crippen molar-refractivity contribution in [2.45, 2.75) is 19.2 Å². The molecule has 174 valence electrons. The zero-order valence-corrected chi connectivity index (χ0v) is 18.3. The molecule has 0 bridgehead atoms. The Morgan fingerprint density at radius 3 is 2.61 bits per heavy atom. The number of aliphatic hydroxyl groups excluding tert-OH is 1. The Hall–Kier alpha value is -3.05. The lowest BCUT2D eigenvalue weighted by Gasteiger charge is -2.26. The molecule has 3 aromatic rings. The van der Waals surface area contributed by atoms with Gasteiger partial charge in [-0.1, -0.05) is 24.3 Å². The minimum Gasteiger partial charge on any atom is -0.462 e. The predicted molar refractivity (Wildman–Crippen MR) is 121 cm³/mol. The van der Waals surface area contributed by atoms with Gasteiger partial charge in [0.2, 0.25) is 5.95 Å². The number of halogens is 1. The van der Waals surface area contributed by atoms with Gasteiger partial charge in [0, 0.05) is 57.7 Å². The summed E-state index contributed by atoms with van der Waals surface area (Å²) >= 11 is 0. The molecule has 1 unspecified atom stereocenters. The number of aromatic nitrogens is 4. The van der Waals surface area contributed by atoms with Gasteiger partial charge in [0.25, 0.3) is 0 Å². The summed E-state index contributed by atoms with van der Waals surface area (Å²) in [5.41, 5.74) is 1.86. The van der Waals surface area contributed by atoms with Gasteiger partial charge in [-0.3, -0.25) is 10.2 Å². The molecule has 0 spiro atoms. The second-order valence-corrected chi connectivity index (χ2v) is 7.76. The molecule has 1 aromatic carbocycles. The van der Waals surface area contributed by atoms with Crippen LogP contribution in [0.25, 0.3) is 11.1 Å². The van der Waals surface area contributed by atoms with E-state index in [0.717, 1.165) is 38.3 Å².